The minimum absolute atomic E-state index is 1.01. The molecule has 1 unspecified atom stereocenters. The van der Waals surface area contributed by atoms with Crippen LogP contribution in [0.15, 0.2) is 0 Å². The summed E-state index contributed by atoms with van der Waals surface area (Å²) in [6, 6.07) is 0. The van der Waals surface area contributed by atoms with Crippen molar-refractivity contribution < 1.29 is 0 Å². The van der Waals surface area contributed by atoms with E-state index in [2.05, 4.69) is 20.8 Å². The van der Waals surface area contributed by atoms with Gasteiger partial charge >= 0.3 is 0 Å². The molecule has 1 atom stereocenters. The summed E-state index contributed by atoms with van der Waals surface area (Å²) in [6.07, 6.45) is 58.6. The summed E-state index contributed by atoms with van der Waals surface area (Å²) in [5.41, 5.74) is 0. The van der Waals surface area contributed by atoms with E-state index >= 15 is 0 Å². The maximum atomic E-state index is 4.08. The van der Waals surface area contributed by atoms with Crippen LogP contribution < -0.4 is 0 Å². The molecule has 0 nitrogen and oxygen atoms in total. The predicted octanol–water partition coefficient (Wildman–Crippen LogP) is 17.1. The zero-order valence-corrected chi connectivity index (χ0v) is 31.6. The summed E-state index contributed by atoms with van der Waals surface area (Å²) >= 11 is 0. The molecule has 0 saturated carbocycles. The maximum Gasteiger partial charge on any atom is -0.0414 e. The molecule has 0 saturated heterocycles. The second-order valence-corrected chi connectivity index (χ2v) is 15.1. The molecular weight excluding hydrogens is 528 g/mol. The maximum absolute atomic E-state index is 4.08. The molecule has 0 aromatic rings. The predicted molar refractivity (Wildman–Crippen MR) is 205 cm³/mol. The van der Waals surface area contributed by atoms with Crippen molar-refractivity contribution in [1.29, 1.82) is 0 Å². The first-order chi connectivity index (χ1) is 21.8. The highest BCUT2D eigenvalue weighted by molar-refractivity contribution is 4.62. The fraction of sp³-hybridized carbons (Fsp3) is 0.977. The summed E-state index contributed by atoms with van der Waals surface area (Å²) in [7, 11) is 0. The molecule has 1 radical (unpaired) electrons. The molecule has 265 valence electrons. The summed E-state index contributed by atoms with van der Waals surface area (Å²) in [5, 5.41) is 0. The Balaban J connectivity index is 3.49. The lowest BCUT2D eigenvalue weighted by atomic mass is 9.89. The first kappa shape index (κ1) is 44.0. The molecule has 0 heterocycles. The van der Waals surface area contributed by atoms with Crippen LogP contribution in [0.1, 0.15) is 271 Å². The van der Waals surface area contributed by atoms with Crippen molar-refractivity contribution in [3.8, 4) is 0 Å². The summed E-state index contributed by atoms with van der Waals surface area (Å²) in [6.45, 7) is 8.71. The van der Waals surface area contributed by atoms with E-state index in [0.29, 0.717) is 0 Å². The SMILES string of the molecule is [CH2]CCCCC(CCCCCCCCCCCCCCCC)CCCCCCCCCCCCCCCCCCCCCC. The third-order valence-electron chi connectivity index (χ3n) is 10.5. The van der Waals surface area contributed by atoms with E-state index in [0.717, 1.165) is 12.3 Å². The molecule has 0 fully saturated rings. The van der Waals surface area contributed by atoms with Crippen molar-refractivity contribution in [2.75, 3.05) is 0 Å². The average molecular weight is 618 g/mol. The Hall–Kier alpha value is 0. The van der Waals surface area contributed by atoms with Crippen LogP contribution in [0, 0.1) is 12.8 Å². The highest BCUT2D eigenvalue weighted by atomic mass is 14.1. The van der Waals surface area contributed by atoms with Crippen LogP contribution in [0.4, 0.5) is 0 Å². The third-order valence-corrected chi connectivity index (χ3v) is 10.5. The van der Waals surface area contributed by atoms with E-state index in [9.17, 15) is 0 Å². The van der Waals surface area contributed by atoms with E-state index in [4.69, 9.17) is 0 Å². The molecule has 0 amide bonds. The monoisotopic (exact) mass is 618 g/mol. The van der Waals surface area contributed by atoms with Crippen LogP contribution in [0.25, 0.3) is 0 Å². The van der Waals surface area contributed by atoms with Gasteiger partial charge < -0.3 is 0 Å². The Labute approximate surface area is 282 Å². The van der Waals surface area contributed by atoms with Gasteiger partial charge in [0, 0.05) is 0 Å². The fourth-order valence-electron chi connectivity index (χ4n) is 7.36. The summed E-state index contributed by atoms with van der Waals surface area (Å²) < 4.78 is 0. The minimum atomic E-state index is 1.01. The Morgan fingerprint density at radius 1 is 0.250 bits per heavy atom. The van der Waals surface area contributed by atoms with Crippen molar-refractivity contribution in [3.63, 3.8) is 0 Å². The Kier molecular flexibility index (Phi) is 41.0. The fourth-order valence-corrected chi connectivity index (χ4v) is 7.36. The van der Waals surface area contributed by atoms with E-state index in [-0.39, 0.29) is 0 Å². The minimum Gasteiger partial charge on any atom is -0.0654 e. The third kappa shape index (κ3) is 38.2. The van der Waals surface area contributed by atoms with Crippen LogP contribution >= 0.6 is 0 Å². The number of rotatable bonds is 40. The molecule has 0 spiro atoms. The van der Waals surface area contributed by atoms with Crippen LogP contribution in [0.5, 0.6) is 0 Å². The average Bonchev–Trinajstić information content (AvgIpc) is 3.03. The Morgan fingerprint density at radius 2 is 0.432 bits per heavy atom. The van der Waals surface area contributed by atoms with Gasteiger partial charge in [-0.1, -0.05) is 278 Å². The largest absolute Gasteiger partial charge is 0.0654 e. The smallest absolute Gasteiger partial charge is 0.0414 e. The molecular formula is C44H89. The Bertz CT molecular complexity index is 467. The van der Waals surface area contributed by atoms with Crippen molar-refractivity contribution in [3.05, 3.63) is 6.92 Å². The van der Waals surface area contributed by atoms with Gasteiger partial charge in [0.15, 0.2) is 0 Å². The number of hydrogen-bond donors (Lipinski definition) is 0. The van der Waals surface area contributed by atoms with Crippen LogP contribution in [0.2, 0.25) is 0 Å². The molecule has 0 aliphatic rings. The van der Waals surface area contributed by atoms with Gasteiger partial charge in [0.1, 0.15) is 0 Å². The lowest BCUT2D eigenvalue weighted by molar-refractivity contribution is 0.368. The molecule has 0 aromatic carbocycles. The second kappa shape index (κ2) is 41.0. The van der Waals surface area contributed by atoms with Gasteiger partial charge in [-0.2, -0.15) is 0 Å². The van der Waals surface area contributed by atoms with Gasteiger partial charge in [-0.05, 0) is 5.92 Å². The molecule has 0 N–H and O–H groups in total. The lowest BCUT2D eigenvalue weighted by Gasteiger charge is -2.17. The first-order valence-electron chi connectivity index (χ1n) is 21.6. The second-order valence-electron chi connectivity index (χ2n) is 15.1. The van der Waals surface area contributed by atoms with E-state index < -0.39 is 0 Å². The van der Waals surface area contributed by atoms with E-state index in [1.54, 1.807) is 0 Å². The van der Waals surface area contributed by atoms with Gasteiger partial charge in [0.25, 0.3) is 0 Å². The van der Waals surface area contributed by atoms with Crippen molar-refractivity contribution in [2.24, 2.45) is 5.92 Å². The molecule has 0 aromatic heterocycles. The summed E-state index contributed by atoms with van der Waals surface area (Å²) in [5.74, 6) is 1.01. The zero-order chi connectivity index (χ0) is 31.9. The Morgan fingerprint density at radius 3 is 0.636 bits per heavy atom. The number of hydrogen-bond acceptors (Lipinski definition) is 0. The molecule has 0 heteroatoms. The molecule has 0 bridgehead atoms. The zero-order valence-electron chi connectivity index (χ0n) is 31.6. The van der Waals surface area contributed by atoms with Crippen molar-refractivity contribution in [2.45, 2.75) is 271 Å². The van der Waals surface area contributed by atoms with Crippen molar-refractivity contribution in [1.82, 2.24) is 0 Å². The van der Waals surface area contributed by atoms with E-state index in [1.807, 2.05) is 0 Å². The highest BCUT2D eigenvalue weighted by Gasteiger charge is 2.08. The van der Waals surface area contributed by atoms with Gasteiger partial charge in [-0.25, -0.2) is 0 Å². The van der Waals surface area contributed by atoms with Gasteiger partial charge in [0.2, 0.25) is 0 Å². The highest BCUT2D eigenvalue weighted by Crippen LogP contribution is 2.25. The van der Waals surface area contributed by atoms with Gasteiger partial charge in [-0.3, -0.25) is 0 Å². The van der Waals surface area contributed by atoms with Crippen LogP contribution in [0.3, 0.4) is 0 Å². The standard InChI is InChI=1S/C44H89/c1-4-7-10-12-14-16-18-20-22-23-24-25-26-27-29-31-33-35-37-40-43-44(41-38-9-6-3)42-39-36-34-32-30-28-21-19-17-15-13-11-8-5-2/h44H,3-43H2,1-2H3. The normalized spacial score (nSPS) is 12.3. The lowest BCUT2D eigenvalue weighted by Crippen LogP contribution is -2.01. The van der Waals surface area contributed by atoms with Gasteiger partial charge in [0.05, 0.1) is 0 Å². The molecule has 0 rings (SSSR count). The quantitative estimate of drug-likeness (QED) is 0.0600. The topological polar surface area (TPSA) is 0 Å². The van der Waals surface area contributed by atoms with Gasteiger partial charge in [-0.15, -0.1) is 0 Å². The molecule has 44 heavy (non-hydrogen) atoms. The number of unbranched alkanes of at least 4 members (excludes halogenated alkanes) is 34. The van der Waals surface area contributed by atoms with E-state index in [1.165, 1.54) is 250 Å². The molecule has 0 aliphatic heterocycles. The van der Waals surface area contributed by atoms with Crippen LogP contribution in [-0.2, 0) is 0 Å². The summed E-state index contributed by atoms with van der Waals surface area (Å²) in [4.78, 5) is 0. The first-order valence-corrected chi connectivity index (χ1v) is 21.6. The van der Waals surface area contributed by atoms with Crippen LogP contribution in [-0.4, -0.2) is 0 Å². The van der Waals surface area contributed by atoms with Crippen molar-refractivity contribution >= 4 is 0 Å². The molecule has 0 aliphatic carbocycles.